The number of nitrogens with two attached hydrogens (primary N) is 1. The van der Waals surface area contributed by atoms with Gasteiger partial charge in [-0.15, -0.1) is 0 Å². The van der Waals surface area contributed by atoms with Crippen LogP contribution in [0, 0.1) is 0 Å². The molecule has 20 heavy (non-hydrogen) atoms. The van der Waals surface area contributed by atoms with Gasteiger partial charge in [0.1, 0.15) is 11.9 Å². The second-order valence-corrected chi connectivity index (χ2v) is 5.32. The molecule has 3 heteroatoms. The number of aryl methyl sites for hydroxylation is 1. The molecule has 2 nitrogen and oxygen atoms in total. The van der Waals surface area contributed by atoms with Crippen LogP contribution in [0.3, 0.4) is 0 Å². The van der Waals surface area contributed by atoms with Gasteiger partial charge < -0.3 is 10.5 Å². The van der Waals surface area contributed by atoms with Crippen LogP contribution in [0.4, 0.5) is 0 Å². The molecule has 0 fully saturated rings. The zero-order valence-corrected chi connectivity index (χ0v) is 12.6. The van der Waals surface area contributed by atoms with E-state index in [1.54, 1.807) is 0 Å². The van der Waals surface area contributed by atoms with Crippen molar-refractivity contribution < 1.29 is 4.74 Å². The molecule has 0 amide bonds. The van der Waals surface area contributed by atoms with Gasteiger partial charge in [-0.2, -0.15) is 0 Å². The van der Waals surface area contributed by atoms with Gasteiger partial charge in [-0.05, 0) is 37.1 Å². The number of halogens is 1. The Morgan fingerprint density at radius 1 is 1.10 bits per heavy atom. The molecule has 0 saturated heterocycles. The third kappa shape index (κ3) is 3.53. The molecule has 0 radical (unpaired) electrons. The first kappa shape index (κ1) is 14.9. The van der Waals surface area contributed by atoms with Crippen molar-refractivity contribution in [2.75, 3.05) is 0 Å². The fraction of sp³-hybridized carbons (Fsp3) is 0.294. The molecule has 0 bridgehead atoms. The maximum Gasteiger partial charge on any atom is 0.140 e. The van der Waals surface area contributed by atoms with Gasteiger partial charge in [0, 0.05) is 16.6 Å². The van der Waals surface area contributed by atoms with Gasteiger partial charge in [0.2, 0.25) is 0 Å². The topological polar surface area (TPSA) is 35.2 Å². The lowest BCUT2D eigenvalue weighted by atomic mass is 10.0. The van der Waals surface area contributed by atoms with Gasteiger partial charge in [-0.25, -0.2) is 0 Å². The van der Waals surface area contributed by atoms with Crippen molar-refractivity contribution >= 4 is 11.6 Å². The Labute approximate surface area is 125 Å². The van der Waals surface area contributed by atoms with Crippen LogP contribution in [0.15, 0.2) is 48.5 Å². The maximum absolute atomic E-state index is 6.24. The molecule has 2 unspecified atom stereocenters. The summed E-state index contributed by atoms with van der Waals surface area (Å²) in [5.74, 6) is 0.810. The highest BCUT2D eigenvalue weighted by molar-refractivity contribution is 6.31. The molecular formula is C17H20ClNO. The Kier molecular flexibility index (Phi) is 5.05. The van der Waals surface area contributed by atoms with Crippen molar-refractivity contribution in [2.45, 2.75) is 32.4 Å². The van der Waals surface area contributed by atoms with E-state index in [1.807, 2.05) is 43.3 Å². The Morgan fingerprint density at radius 3 is 2.30 bits per heavy atom. The monoisotopic (exact) mass is 289 g/mol. The highest BCUT2D eigenvalue weighted by Crippen LogP contribution is 2.29. The largest absolute Gasteiger partial charge is 0.484 e. The molecule has 0 aliphatic carbocycles. The van der Waals surface area contributed by atoms with E-state index in [1.165, 1.54) is 5.56 Å². The van der Waals surface area contributed by atoms with Crippen molar-refractivity contribution in [2.24, 2.45) is 5.73 Å². The summed E-state index contributed by atoms with van der Waals surface area (Å²) >= 11 is 6.24. The van der Waals surface area contributed by atoms with Gasteiger partial charge in [0.15, 0.2) is 0 Å². The van der Waals surface area contributed by atoms with Crippen molar-refractivity contribution in [3.8, 4) is 5.75 Å². The average molecular weight is 290 g/mol. The normalized spacial score (nSPS) is 13.8. The fourth-order valence-electron chi connectivity index (χ4n) is 2.11. The second-order valence-electron chi connectivity index (χ2n) is 4.92. The first-order chi connectivity index (χ1) is 9.61. The number of rotatable bonds is 5. The lowest BCUT2D eigenvalue weighted by Gasteiger charge is -2.24. The smallest absolute Gasteiger partial charge is 0.140 e. The third-order valence-electron chi connectivity index (χ3n) is 3.28. The van der Waals surface area contributed by atoms with Crippen molar-refractivity contribution in [1.82, 2.24) is 0 Å². The lowest BCUT2D eigenvalue weighted by molar-refractivity contribution is 0.180. The van der Waals surface area contributed by atoms with E-state index < -0.39 is 0 Å². The SMILES string of the molecule is CCc1ccc(OC(c2ccccc2Cl)C(C)N)cc1. The molecule has 0 saturated carbocycles. The highest BCUT2D eigenvalue weighted by Gasteiger charge is 2.20. The average Bonchev–Trinajstić information content (AvgIpc) is 2.46. The van der Waals surface area contributed by atoms with E-state index in [0.29, 0.717) is 5.02 Å². The van der Waals surface area contributed by atoms with Crippen LogP contribution in [-0.2, 0) is 6.42 Å². The highest BCUT2D eigenvalue weighted by atomic mass is 35.5. The van der Waals surface area contributed by atoms with Crippen LogP contribution in [0.25, 0.3) is 0 Å². The fourth-order valence-corrected chi connectivity index (χ4v) is 2.35. The zero-order valence-electron chi connectivity index (χ0n) is 11.8. The van der Waals surface area contributed by atoms with E-state index in [4.69, 9.17) is 22.1 Å². The van der Waals surface area contributed by atoms with E-state index in [-0.39, 0.29) is 12.1 Å². The summed E-state index contributed by atoms with van der Waals surface area (Å²) in [4.78, 5) is 0. The van der Waals surface area contributed by atoms with Crippen molar-refractivity contribution in [3.63, 3.8) is 0 Å². The molecule has 106 valence electrons. The molecule has 0 spiro atoms. The maximum atomic E-state index is 6.24. The van der Waals surface area contributed by atoms with Crippen LogP contribution in [0.5, 0.6) is 5.75 Å². The number of hydrogen-bond donors (Lipinski definition) is 1. The molecule has 2 N–H and O–H groups in total. The van der Waals surface area contributed by atoms with Gasteiger partial charge in [-0.1, -0.05) is 48.9 Å². The molecule has 0 aromatic heterocycles. The molecule has 0 aliphatic heterocycles. The van der Waals surface area contributed by atoms with E-state index in [2.05, 4.69) is 19.1 Å². The molecule has 2 aromatic carbocycles. The molecule has 0 heterocycles. The third-order valence-corrected chi connectivity index (χ3v) is 3.63. The van der Waals surface area contributed by atoms with E-state index in [9.17, 15) is 0 Å². The molecule has 2 aromatic rings. The van der Waals surface area contributed by atoms with Crippen molar-refractivity contribution in [1.29, 1.82) is 0 Å². The summed E-state index contributed by atoms with van der Waals surface area (Å²) in [6, 6.07) is 15.6. The molecule has 0 aliphatic rings. The van der Waals surface area contributed by atoms with Crippen LogP contribution in [0.2, 0.25) is 5.02 Å². The van der Waals surface area contributed by atoms with Gasteiger partial charge in [0.25, 0.3) is 0 Å². The first-order valence-electron chi connectivity index (χ1n) is 6.87. The van der Waals surface area contributed by atoms with Gasteiger partial charge in [-0.3, -0.25) is 0 Å². The quantitative estimate of drug-likeness (QED) is 0.887. The summed E-state index contributed by atoms with van der Waals surface area (Å²) in [7, 11) is 0. The standard InChI is InChI=1S/C17H20ClNO/c1-3-13-8-10-14(11-9-13)20-17(12(2)19)15-6-4-5-7-16(15)18/h4-12,17H,3,19H2,1-2H3. The zero-order chi connectivity index (χ0) is 14.5. The summed E-state index contributed by atoms with van der Waals surface area (Å²) in [6.45, 7) is 4.05. The lowest BCUT2D eigenvalue weighted by Crippen LogP contribution is -2.29. The van der Waals surface area contributed by atoms with Crippen LogP contribution < -0.4 is 10.5 Å². The Balaban J connectivity index is 2.23. The Bertz CT molecular complexity index is 551. The first-order valence-corrected chi connectivity index (χ1v) is 7.25. The van der Waals surface area contributed by atoms with Gasteiger partial charge >= 0.3 is 0 Å². The summed E-state index contributed by atoms with van der Waals surface area (Å²) < 4.78 is 6.03. The van der Waals surface area contributed by atoms with Crippen LogP contribution in [0.1, 0.15) is 31.1 Å². The summed E-state index contributed by atoms with van der Waals surface area (Å²) in [5.41, 5.74) is 8.26. The summed E-state index contributed by atoms with van der Waals surface area (Å²) in [5, 5.41) is 0.681. The van der Waals surface area contributed by atoms with Gasteiger partial charge in [0.05, 0.1) is 0 Å². The number of hydrogen-bond acceptors (Lipinski definition) is 2. The molecule has 2 rings (SSSR count). The second kappa shape index (κ2) is 6.78. The predicted molar refractivity (Wildman–Crippen MR) is 84.3 cm³/mol. The number of benzene rings is 2. The molecule has 2 atom stereocenters. The summed E-state index contributed by atoms with van der Waals surface area (Å²) in [6.07, 6.45) is 0.762. The van der Waals surface area contributed by atoms with Crippen LogP contribution in [-0.4, -0.2) is 6.04 Å². The Morgan fingerprint density at radius 2 is 1.75 bits per heavy atom. The van der Waals surface area contributed by atoms with Crippen molar-refractivity contribution in [3.05, 3.63) is 64.7 Å². The van der Waals surface area contributed by atoms with Crippen LogP contribution >= 0.6 is 11.6 Å². The minimum absolute atomic E-state index is 0.152. The molecular weight excluding hydrogens is 270 g/mol. The minimum Gasteiger partial charge on any atom is -0.484 e. The Hall–Kier alpha value is -1.51. The van der Waals surface area contributed by atoms with E-state index >= 15 is 0 Å². The predicted octanol–water partition coefficient (Wildman–Crippen LogP) is 4.37. The van der Waals surface area contributed by atoms with E-state index in [0.717, 1.165) is 17.7 Å². The number of ether oxygens (including phenoxy) is 1. The minimum atomic E-state index is -0.254.